The summed E-state index contributed by atoms with van der Waals surface area (Å²) in [5, 5.41) is 3.82. The van der Waals surface area contributed by atoms with Crippen molar-refractivity contribution in [3.8, 4) is 17.1 Å². The Morgan fingerprint density at radius 2 is 1.96 bits per heavy atom. The second-order valence-corrected chi connectivity index (χ2v) is 5.12. The summed E-state index contributed by atoms with van der Waals surface area (Å²) in [4.78, 5) is 11.9. The molecule has 25 heavy (non-hydrogen) atoms. The lowest BCUT2D eigenvalue weighted by Crippen LogP contribution is -2.06. The minimum Gasteiger partial charge on any atom is -0.497 e. The van der Waals surface area contributed by atoms with Crippen molar-refractivity contribution < 1.29 is 27.6 Å². The van der Waals surface area contributed by atoms with Crippen molar-refractivity contribution in [3.05, 3.63) is 71.4 Å². The molecular weight excluding hydrogens is 332 g/mol. The van der Waals surface area contributed by atoms with Crippen molar-refractivity contribution in [2.45, 2.75) is 6.61 Å². The first-order valence-corrected chi connectivity index (χ1v) is 7.29. The first kappa shape index (κ1) is 16.6. The first-order valence-electron chi connectivity index (χ1n) is 7.29. The molecule has 0 bridgehead atoms. The number of halogens is 2. The van der Waals surface area contributed by atoms with Crippen molar-refractivity contribution in [2.24, 2.45) is 0 Å². The van der Waals surface area contributed by atoms with E-state index in [1.165, 1.54) is 0 Å². The highest BCUT2D eigenvalue weighted by atomic mass is 19.2. The van der Waals surface area contributed by atoms with Gasteiger partial charge in [0.05, 0.1) is 12.7 Å². The Hall–Kier alpha value is -3.22. The van der Waals surface area contributed by atoms with Crippen LogP contribution >= 0.6 is 0 Å². The van der Waals surface area contributed by atoms with E-state index in [2.05, 4.69) is 5.16 Å². The highest BCUT2D eigenvalue weighted by molar-refractivity contribution is 5.89. The Bertz CT molecular complexity index is 908. The second kappa shape index (κ2) is 7.12. The summed E-state index contributed by atoms with van der Waals surface area (Å²) in [7, 11) is 1.56. The summed E-state index contributed by atoms with van der Waals surface area (Å²) in [6.45, 7) is -0.161. The Morgan fingerprint density at radius 3 is 2.72 bits per heavy atom. The van der Waals surface area contributed by atoms with Crippen molar-refractivity contribution in [1.29, 1.82) is 0 Å². The Labute approximate surface area is 141 Å². The molecule has 0 spiro atoms. The van der Waals surface area contributed by atoms with E-state index >= 15 is 0 Å². The van der Waals surface area contributed by atoms with E-state index in [9.17, 15) is 13.6 Å². The van der Waals surface area contributed by atoms with E-state index in [0.29, 0.717) is 17.2 Å². The SMILES string of the molecule is COc1cccc(-c2cc(COC(=O)c3ccc(F)c(F)c3)no2)c1. The highest BCUT2D eigenvalue weighted by Gasteiger charge is 2.13. The third-order valence-electron chi connectivity index (χ3n) is 3.42. The van der Waals surface area contributed by atoms with Gasteiger partial charge in [0, 0.05) is 11.6 Å². The summed E-state index contributed by atoms with van der Waals surface area (Å²) >= 11 is 0. The number of benzene rings is 2. The minimum absolute atomic E-state index is 0.0876. The number of rotatable bonds is 5. The van der Waals surface area contributed by atoms with Gasteiger partial charge in [-0.2, -0.15) is 0 Å². The fraction of sp³-hybridized carbons (Fsp3) is 0.111. The predicted molar refractivity (Wildman–Crippen MR) is 84.0 cm³/mol. The van der Waals surface area contributed by atoms with Crippen LogP contribution in [0.1, 0.15) is 16.1 Å². The van der Waals surface area contributed by atoms with Crippen LogP contribution in [0, 0.1) is 11.6 Å². The molecule has 0 radical (unpaired) electrons. The average Bonchev–Trinajstić information content (AvgIpc) is 3.11. The van der Waals surface area contributed by atoms with Gasteiger partial charge in [-0.3, -0.25) is 0 Å². The number of hydrogen-bond acceptors (Lipinski definition) is 5. The summed E-state index contributed by atoms with van der Waals surface area (Å²) in [6.07, 6.45) is 0. The first-order chi connectivity index (χ1) is 12.1. The zero-order valence-corrected chi connectivity index (χ0v) is 13.2. The quantitative estimate of drug-likeness (QED) is 0.655. The van der Waals surface area contributed by atoms with Crippen molar-refractivity contribution in [1.82, 2.24) is 5.16 Å². The van der Waals surface area contributed by atoms with Crippen LogP contribution in [0.25, 0.3) is 11.3 Å². The number of carbonyl (C=O) groups excluding carboxylic acids is 1. The molecule has 1 aromatic heterocycles. The third-order valence-corrected chi connectivity index (χ3v) is 3.42. The van der Waals surface area contributed by atoms with Gasteiger partial charge in [0.25, 0.3) is 0 Å². The number of methoxy groups -OCH3 is 1. The Morgan fingerprint density at radius 1 is 1.12 bits per heavy atom. The molecule has 3 aromatic rings. The summed E-state index contributed by atoms with van der Waals surface area (Å²) in [5.41, 5.74) is 1.05. The fourth-order valence-electron chi connectivity index (χ4n) is 2.14. The van der Waals surface area contributed by atoms with E-state index in [1.54, 1.807) is 31.4 Å². The van der Waals surface area contributed by atoms with E-state index in [4.69, 9.17) is 14.0 Å². The smallest absolute Gasteiger partial charge is 0.338 e. The third kappa shape index (κ3) is 3.82. The standard InChI is InChI=1S/C18H13F2NO4/c1-23-14-4-2-3-11(7-14)17-9-13(21-25-17)10-24-18(22)12-5-6-15(19)16(20)8-12/h2-9H,10H2,1H3. The minimum atomic E-state index is -1.11. The number of esters is 1. The molecule has 7 heteroatoms. The van der Waals surface area contributed by atoms with Crippen molar-refractivity contribution in [2.75, 3.05) is 7.11 Å². The monoisotopic (exact) mass is 345 g/mol. The molecular formula is C18H13F2NO4. The number of carbonyl (C=O) groups is 1. The van der Waals surface area contributed by atoms with Gasteiger partial charge in [-0.05, 0) is 30.3 Å². The van der Waals surface area contributed by atoms with Crippen LogP contribution in [0.2, 0.25) is 0 Å². The maximum Gasteiger partial charge on any atom is 0.338 e. The van der Waals surface area contributed by atoms with E-state index in [0.717, 1.165) is 23.8 Å². The largest absolute Gasteiger partial charge is 0.497 e. The molecule has 0 saturated carbocycles. The number of nitrogens with zero attached hydrogens (tertiary/aromatic N) is 1. The van der Waals surface area contributed by atoms with Crippen molar-refractivity contribution >= 4 is 5.97 Å². The second-order valence-electron chi connectivity index (χ2n) is 5.12. The summed E-state index contributed by atoms with van der Waals surface area (Å²) < 4.78 is 41.4. The molecule has 0 atom stereocenters. The molecule has 2 aromatic carbocycles. The van der Waals surface area contributed by atoms with E-state index in [1.807, 2.05) is 6.07 Å². The summed E-state index contributed by atoms with van der Waals surface area (Å²) in [5.74, 6) is -1.78. The summed E-state index contributed by atoms with van der Waals surface area (Å²) in [6, 6.07) is 11.6. The molecule has 1 heterocycles. The zero-order chi connectivity index (χ0) is 17.8. The van der Waals surface area contributed by atoms with Crippen LogP contribution in [-0.4, -0.2) is 18.2 Å². The van der Waals surface area contributed by atoms with Crippen LogP contribution in [0.3, 0.4) is 0 Å². The van der Waals surface area contributed by atoms with E-state index in [-0.39, 0.29) is 12.2 Å². The Kier molecular flexibility index (Phi) is 4.74. The van der Waals surface area contributed by atoms with Gasteiger partial charge in [-0.1, -0.05) is 17.3 Å². The van der Waals surface area contributed by atoms with Crippen LogP contribution in [0.5, 0.6) is 5.75 Å². The normalized spacial score (nSPS) is 10.5. The zero-order valence-electron chi connectivity index (χ0n) is 13.2. The fourth-order valence-corrected chi connectivity index (χ4v) is 2.14. The number of ether oxygens (including phenoxy) is 2. The maximum atomic E-state index is 13.1. The van der Waals surface area contributed by atoms with Crippen LogP contribution in [0.15, 0.2) is 53.1 Å². The van der Waals surface area contributed by atoms with Crippen molar-refractivity contribution in [3.63, 3.8) is 0 Å². The van der Waals surface area contributed by atoms with E-state index < -0.39 is 17.6 Å². The van der Waals surface area contributed by atoms with Gasteiger partial charge in [-0.15, -0.1) is 0 Å². The molecule has 0 saturated heterocycles. The predicted octanol–water partition coefficient (Wildman–Crippen LogP) is 3.99. The molecule has 3 rings (SSSR count). The topological polar surface area (TPSA) is 61.6 Å². The molecule has 0 fully saturated rings. The molecule has 128 valence electrons. The lowest BCUT2D eigenvalue weighted by Gasteiger charge is -2.02. The van der Waals surface area contributed by atoms with Gasteiger partial charge in [-0.25, -0.2) is 13.6 Å². The average molecular weight is 345 g/mol. The Balaban J connectivity index is 1.67. The van der Waals surface area contributed by atoms with Gasteiger partial charge in [0.1, 0.15) is 18.1 Å². The molecule has 5 nitrogen and oxygen atoms in total. The maximum absolute atomic E-state index is 13.1. The molecule has 0 unspecified atom stereocenters. The lowest BCUT2D eigenvalue weighted by molar-refractivity contribution is 0.0463. The van der Waals surface area contributed by atoms with Crippen LogP contribution in [-0.2, 0) is 11.3 Å². The van der Waals surface area contributed by atoms with Gasteiger partial charge in [0.15, 0.2) is 17.4 Å². The van der Waals surface area contributed by atoms with Crippen LogP contribution < -0.4 is 4.74 Å². The van der Waals surface area contributed by atoms with Crippen LogP contribution in [0.4, 0.5) is 8.78 Å². The molecule has 0 aliphatic carbocycles. The highest BCUT2D eigenvalue weighted by Crippen LogP contribution is 2.24. The van der Waals surface area contributed by atoms with Gasteiger partial charge in [0.2, 0.25) is 0 Å². The number of hydrogen-bond donors (Lipinski definition) is 0. The number of aromatic nitrogens is 1. The molecule has 0 aliphatic heterocycles. The molecule has 0 amide bonds. The van der Waals surface area contributed by atoms with Gasteiger partial charge >= 0.3 is 5.97 Å². The molecule has 0 aliphatic rings. The molecule has 0 N–H and O–H groups in total. The lowest BCUT2D eigenvalue weighted by atomic mass is 10.1. The van der Waals surface area contributed by atoms with Gasteiger partial charge < -0.3 is 14.0 Å².